The summed E-state index contributed by atoms with van der Waals surface area (Å²) < 4.78 is 18.7. The van der Waals surface area contributed by atoms with Crippen LogP contribution in [0.15, 0.2) is 30.5 Å². The number of fused-ring (bicyclic) bond motifs is 1. The van der Waals surface area contributed by atoms with E-state index >= 15 is 0 Å². The predicted molar refractivity (Wildman–Crippen MR) is 59.4 cm³/mol. The number of ether oxygens (including phenoxy) is 1. The van der Waals surface area contributed by atoms with Gasteiger partial charge >= 0.3 is 5.97 Å². The highest BCUT2D eigenvalue weighted by atomic mass is 19.1. The average molecular weight is 235 g/mol. The summed E-state index contributed by atoms with van der Waals surface area (Å²) in [5, 5.41) is 9.21. The van der Waals surface area contributed by atoms with Gasteiger partial charge in [-0.3, -0.25) is 4.98 Å². The number of nitrogens with zero attached hydrogens (tertiary/aromatic N) is 1. The summed E-state index contributed by atoms with van der Waals surface area (Å²) >= 11 is 0. The second-order valence-electron chi connectivity index (χ2n) is 3.54. The van der Waals surface area contributed by atoms with Gasteiger partial charge in [-0.25, -0.2) is 9.18 Å². The van der Waals surface area contributed by atoms with E-state index in [1.54, 1.807) is 6.07 Å². The van der Waals surface area contributed by atoms with Crippen LogP contribution in [0.4, 0.5) is 4.39 Å². The largest absolute Gasteiger partial charge is 0.479 e. The third kappa shape index (κ3) is 2.18. The van der Waals surface area contributed by atoms with Gasteiger partial charge in [0.25, 0.3) is 0 Å². The summed E-state index contributed by atoms with van der Waals surface area (Å²) in [5.74, 6) is -1.23. The van der Waals surface area contributed by atoms with Crippen LogP contribution in [0, 0.1) is 5.82 Å². The number of hydrogen-bond donors (Lipinski definition) is 1. The Balaban J connectivity index is 2.48. The SMILES string of the molecule is CC(Oc1ccnc2c(F)cccc12)C(=O)O. The van der Waals surface area contributed by atoms with Crippen molar-refractivity contribution in [1.29, 1.82) is 0 Å². The summed E-state index contributed by atoms with van der Waals surface area (Å²) in [6, 6.07) is 5.97. The van der Waals surface area contributed by atoms with E-state index in [2.05, 4.69) is 4.98 Å². The monoisotopic (exact) mass is 235 g/mol. The fourth-order valence-corrected chi connectivity index (χ4v) is 1.46. The Labute approximate surface area is 96.7 Å². The molecule has 0 radical (unpaired) electrons. The molecule has 1 heterocycles. The molecule has 2 rings (SSSR count). The quantitative estimate of drug-likeness (QED) is 0.886. The number of aromatic nitrogens is 1. The Bertz CT molecular complexity index is 571. The Morgan fingerprint density at radius 1 is 1.47 bits per heavy atom. The number of pyridine rings is 1. The van der Waals surface area contributed by atoms with E-state index in [1.165, 1.54) is 31.3 Å². The van der Waals surface area contributed by atoms with E-state index < -0.39 is 17.9 Å². The normalized spacial score (nSPS) is 12.4. The van der Waals surface area contributed by atoms with Crippen molar-refractivity contribution < 1.29 is 19.0 Å². The van der Waals surface area contributed by atoms with E-state index in [4.69, 9.17) is 9.84 Å². The maximum atomic E-state index is 13.4. The Morgan fingerprint density at radius 3 is 2.94 bits per heavy atom. The molecule has 88 valence electrons. The third-order valence-corrected chi connectivity index (χ3v) is 2.33. The van der Waals surface area contributed by atoms with E-state index in [-0.39, 0.29) is 5.52 Å². The lowest BCUT2D eigenvalue weighted by molar-refractivity contribution is -0.144. The van der Waals surface area contributed by atoms with E-state index in [9.17, 15) is 9.18 Å². The van der Waals surface area contributed by atoms with Crippen LogP contribution in [-0.4, -0.2) is 22.2 Å². The minimum Gasteiger partial charge on any atom is -0.479 e. The lowest BCUT2D eigenvalue weighted by atomic mass is 10.2. The van der Waals surface area contributed by atoms with Gasteiger partial charge in [-0.2, -0.15) is 0 Å². The van der Waals surface area contributed by atoms with Gasteiger partial charge in [0.05, 0.1) is 0 Å². The molecule has 17 heavy (non-hydrogen) atoms. The van der Waals surface area contributed by atoms with Crippen molar-refractivity contribution in [3.05, 3.63) is 36.3 Å². The van der Waals surface area contributed by atoms with Crippen LogP contribution in [0.1, 0.15) is 6.92 Å². The second kappa shape index (κ2) is 4.37. The van der Waals surface area contributed by atoms with Crippen LogP contribution in [0.5, 0.6) is 5.75 Å². The number of carboxylic acids is 1. The van der Waals surface area contributed by atoms with Gasteiger partial charge in [-0.15, -0.1) is 0 Å². The van der Waals surface area contributed by atoms with Crippen LogP contribution >= 0.6 is 0 Å². The van der Waals surface area contributed by atoms with Gasteiger partial charge in [0.2, 0.25) is 0 Å². The van der Waals surface area contributed by atoms with Gasteiger partial charge in [0.15, 0.2) is 6.10 Å². The molecule has 5 heteroatoms. The van der Waals surface area contributed by atoms with Crippen molar-refractivity contribution in [3.8, 4) is 5.75 Å². The molecule has 1 N–H and O–H groups in total. The molecule has 1 aromatic heterocycles. The van der Waals surface area contributed by atoms with Crippen LogP contribution in [0.3, 0.4) is 0 Å². The number of carbonyl (C=O) groups is 1. The van der Waals surface area contributed by atoms with Crippen molar-refractivity contribution >= 4 is 16.9 Å². The van der Waals surface area contributed by atoms with Crippen LogP contribution in [0.25, 0.3) is 10.9 Å². The summed E-state index contributed by atoms with van der Waals surface area (Å²) in [5.41, 5.74) is 0.169. The molecule has 4 nitrogen and oxygen atoms in total. The smallest absolute Gasteiger partial charge is 0.344 e. The van der Waals surface area contributed by atoms with E-state index in [0.717, 1.165) is 0 Å². The number of para-hydroxylation sites is 1. The fraction of sp³-hybridized carbons (Fsp3) is 0.167. The average Bonchev–Trinajstić information content (AvgIpc) is 2.30. The molecule has 1 unspecified atom stereocenters. The molecule has 1 aromatic carbocycles. The first-order valence-electron chi connectivity index (χ1n) is 5.02. The van der Waals surface area contributed by atoms with Gasteiger partial charge in [-0.05, 0) is 25.1 Å². The van der Waals surface area contributed by atoms with Gasteiger partial charge in [0, 0.05) is 11.6 Å². The summed E-state index contributed by atoms with van der Waals surface area (Å²) in [6.45, 7) is 1.41. The maximum absolute atomic E-state index is 13.4. The number of hydrogen-bond acceptors (Lipinski definition) is 3. The molecule has 0 amide bonds. The minimum absolute atomic E-state index is 0.169. The van der Waals surface area contributed by atoms with Crippen LogP contribution in [-0.2, 0) is 4.79 Å². The van der Waals surface area contributed by atoms with Gasteiger partial charge in [-0.1, -0.05) is 6.07 Å². The molecular weight excluding hydrogens is 225 g/mol. The molecule has 0 bridgehead atoms. The summed E-state index contributed by atoms with van der Waals surface area (Å²) in [4.78, 5) is 14.6. The number of halogens is 1. The van der Waals surface area contributed by atoms with Crippen LogP contribution in [0.2, 0.25) is 0 Å². The van der Waals surface area contributed by atoms with Crippen molar-refractivity contribution in [1.82, 2.24) is 4.98 Å². The Hall–Kier alpha value is -2.17. The third-order valence-electron chi connectivity index (χ3n) is 2.33. The second-order valence-corrected chi connectivity index (χ2v) is 3.54. The molecule has 2 aromatic rings. The fourth-order valence-electron chi connectivity index (χ4n) is 1.46. The minimum atomic E-state index is -1.08. The first-order chi connectivity index (χ1) is 8.09. The number of carboxylic acid groups (broad SMARTS) is 1. The first-order valence-corrected chi connectivity index (χ1v) is 5.02. The molecular formula is C12H10FNO3. The lowest BCUT2D eigenvalue weighted by Crippen LogP contribution is -2.23. The number of benzene rings is 1. The van der Waals surface area contributed by atoms with Crippen LogP contribution < -0.4 is 4.74 Å². The molecule has 1 atom stereocenters. The lowest BCUT2D eigenvalue weighted by Gasteiger charge is -2.12. The standard InChI is InChI=1S/C12H10FNO3/c1-7(12(15)16)17-10-5-6-14-11-8(10)3-2-4-9(11)13/h2-7H,1H3,(H,15,16). The predicted octanol–water partition coefficient (Wildman–Crippen LogP) is 2.23. The Morgan fingerprint density at radius 2 is 2.24 bits per heavy atom. The molecule has 0 aliphatic rings. The van der Waals surface area contributed by atoms with Crippen molar-refractivity contribution in [2.24, 2.45) is 0 Å². The van der Waals surface area contributed by atoms with Gasteiger partial charge < -0.3 is 9.84 Å². The number of rotatable bonds is 3. The summed E-state index contributed by atoms with van der Waals surface area (Å²) in [6.07, 6.45) is 0.388. The zero-order valence-electron chi connectivity index (χ0n) is 9.05. The van der Waals surface area contributed by atoms with E-state index in [1.807, 2.05) is 0 Å². The molecule has 0 saturated carbocycles. The molecule has 0 aliphatic carbocycles. The molecule has 0 aliphatic heterocycles. The van der Waals surface area contributed by atoms with Gasteiger partial charge in [0.1, 0.15) is 17.1 Å². The zero-order chi connectivity index (χ0) is 12.4. The van der Waals surface area contributed by atoms with Crippen molar-refractivity contribution in [3.63, 3.8) is 0 Å². The highest BCUT2D eigenvalue weighted by molar-refractivity contribution is 5.85. The van der Waals surface area contributed by atoms with Crippen molar-refractivity contribution in [2.75, 3.05) is 0 Å². The van der Waals surface area contributed by atoms with E-state index in [0.29, 0.717) is 11.1 Å². The highest BCUT2D eigenvalue weighted by Crippen LogP contribution is 2.26. The molecule has 0 spiro atoms. The zero-order valence-corrected chi connectivity index (χ0v) is 9.05. The maximum Gasteiger partial charge on any atom is 0.344 e. The molecule has 0 saturated heterocycles. The highest BCUT2D eigenvalue weighted by Gasteiger charge is 2.15. The topological polar surface area (TPSA) is 59.4 Å². The Kier molecular flexibility index (Phi) is 2.91. The number of aliphatic carboxylic acids is 1. The first kappa shape index (κ1) is 11.3. The summed E-state index contributed by atoms with van der Waals surface area (Å²) in [7, 11) is 0. The molecule has 0 fully saturated rings. The van der Waals surface area contributed by atoms with Crippen molar-refractivity contribution in [2.45, 2.75) is 13.0 Å².